The molecular weight excluding hydrogens is 554 g/mol. The minimum atomic E-state index is -1.03. The smallest absolute Gasteiger partial charge is 0.408 e. The van der Waals surface area contributed by atoms with Crippen molar-refractivity contribution in [3.63, 3.8) is 0 Å². The van der Waals surface area contributed by atoms with Crippen LogP contribution >= 0.6 is 0 Å². The van der Waals surface area contributed by atoms with Gasteiger partial charge in [0.2, 0.25) is 5.91 Å². The molecule has 0 spiro atoms. The summed E-state index contributed by atoms with van der Waals surface area (Å²) in [7, 11) is 1.22. The van der Waals surface area contributed by atoms with E-state index < -0.39 is 36.1 Å². The fourth-order valence-corrected chi connectivity index (χ4v) is 4.09. The van der Waals surface area contributed by atoms with Crippen LogP contribution in [0.5, 0.6) is 5.75 Å². The molecule has 3 aromatic rings. The van der Waals surface area contributed by atoms with Crippen LogP contribution in [0.3, 0.4) is 0 Å². The lowest BCUT2D eigenvalue weighted by molar-refractivity contribution is -0.145. The molecule has 0 aliphatic rings. The maximum absolute atomic E-state index is 13.3. The van der Waals surface area contributed by atoms with Crippen LogP contribution in [0.15, 0.2) is 84.9 Å². The number of benzene rings is 3. The van der Waals surface area contributed by atoms with Gasteiger partial charge in [-0.05, 0) is 48.1 Å². The van der Waals surface area contributed by atoms with Crippen molar-refractivity contribution in [2.45, 2.75) is 51.0 Å². The Morgan fingerprint density at radius 3 is 1.86 bits per heavy atom. The molecule has 43 heavy (non-hydrogen) atoms. The van der Waals surface area contributed by atoms with Crippen molar-refractivity contribution in [2.24, 2.45) is 0 Å². The van der Waals surface area contributed by atoms with Gasteiger partial charge in [-0.3, -0.25) is 4.79 Å². The zero-order chi connectivity index (χ0) is 30.9. The number of amides is 3. The quantitative estimate of drug-likeness (QED) is 0.118. The van der Waals surface area contributed by atoms with Gasteiger partial charge in [0.05, 0.1) is 7.11 Å². The van der Waals surface area contributed by atoms with Crippen molar-refractivity contribution in [1.29, 1.82) is 0 Å². The number of rotatable bonds is 15. The molecule has 0 radical (unpaired) electrons. The van der Waals surface area contributed by atoms with Gasteiger partial charge in [0.25, 0.3) is 0 Å². The molecule has 0 heterocycles. The number of methoxy groups -OCH3 is 1. The first-order valence-corrected chi connectivity index (χ1v) is 13.9. The zero-order valence-corrected chi connectivity index (χ0v) is 24.0. The number of phenolic OH excluding ortho intramolecular Hbond substituents is 1. The summed E-state index contributed by atoms with van der Waals surface area (Å²) in [4.78, 5) is 50.4. The Morgan fingerprint density at radius 1 is 0.698 bits per heavy atom. The van der Waals surface area contributed by atoms with Gasteiger partial charge in [-0.1, -0.05) is 72.8 Å². The van der Waals surface area contributed by atoms with Crippen LogP contribution in [-0.4, -0.2) is 54.9 Å². The van der Waals surface area contributed by atoms with Gasteiger partial charge in [-0.25, -0.2) is 14.4 Å². The second kappa shape index (κ2) is 17.7. The average molecular weight is 592 g/mol. The summed E-state index contributed by atoms with van der Waals surface area (Å²) in [6.45, 7) is 0.461. The molecule has 3 amide bonds. The maximum Gasteiger partial charge on any atom is 0.408 e. The monoisotopic (exact) mass is 591 g/mol. The molecule has 0 aliphatic carbocycles. The fourth-order valence-electron chi connectivity index (χ4n) is 4.09. The van der Waals surface area contributed by atoms with E-state index in [9.17, 15) is 24.3 Å². The molecule has 0 fully saturated rings. The summed E-state index contributed by atoms with van der Waals surface area (Å²) in [6, 6.07) is 22.5. The molecule has 0 aliphatic heterocycles. The molecule has 3 rings (SSSR count). The van der Waals surface area contributed by atoms with E-state index in [-0.39, 0.29) is 31.8 Å². The van der Waals surface area contributed by atoms with Crippen molar-refractivity contribution in [3.8, 4) is 5.75 Å². The summed E-state index contributed by atoms with van der Waals surface area (Å²) in [6.07, 6.45) is -0.0786. The number of nitrogens with one attached hydrogen (secondary N) is 3. The number of ether oxygens (including phenoxy) is 3. The minimum Gasteiger partial charge on any atom is -0.508 e. The van der Waals surface area contributed by atoms with Crippen molar-refractivity contribution in [2.75, 3.05) is 13.7 Å². The highest BCUT2D eigenvalue weighted by molar-refractivity contribution is 5.89. The molecule has 0 saturated carbocycles. The highest BCUT2D eigenvalue weighted by Crippen LogP contribution is 2.13. The van der Waals surface area contributed by atoms with Crippen LogP contribution in [0.1, 0.15) is 36.0 Å². The molecule has 3 aromatic carbocycles. The lowest BCUT2D eigenvalue weighted by Gasteiger charge is -2.22. The fraction of sp³-hybridized carbons (Fsp3) is 0.312. The zero-order valence-electron chi connectivity index (χ0n) is 24.0. The Labute approximate surface area is 250 Å². The minimum absolute atomic E-state index is 0.0155. The summed E-state index contributed by atoms with van der Waals surface area (Å²) < 4.78 is 15.4. The van der Waals surface area contributed by atoms with E-state index in [1.165, 1.54) is 19.2 Å². The maximum atomic E-state index is 13.3. The molecule has 0 saturated heterocycles. The van der Waals surface area contributed by atoms with Gasteiger partial charge in [0, 0.05) is 13.0 Å². The van der Waals surface area contributed by atoms with Crippen molar-refractivity contribution >= 4 is 24.1 Å². The third-order valence-corrected chi connectivity index (χ3v) is 6.40. The summed E-state index contributed by atoms with van der Waals surface area (Å²) >= 11 is 0. The van der Waals surface area contributed by atoms with E-state index in [0.29, 0.717) is 24.9 Å². The first kappa shape index (κ1) is 32.5. The largest absolute Gasteiger partial charge is 0.508 e. The van der Waals surface area contributed by atoms with E-state index in [4.69, 9.17) is 14.2 Å². The SMILES string of the molecule is COC(=O)C(Cc1ccc(O)cc1)NC(=O)C(CCCCNC(=O)OCc1ccccc1)NC(=O)OCc1ccccc1. The molecular formula is C32H37N3O8. The van der Waals surface area contributed by atoms with Gasteiger partial charge in [-0.15, -0.1) is 0 Å². The highest BCUT2D eigenvalue weighted by Gasteiger charge is 2.28. The number of alkyl carbamates (subject to hydrolysis) is 2. The molecule has 2 atom stereocenters. The molecule has 11 heteroatoms. The molecule has 2 unspecified atom stereocenters. The van der Waals surface area contributed by atoms with Crippen LogP contribution in [0.4, 0.5) is 9.59 Å². The number of aromatic hydroxyl groups is 1. The van der Waals surface area contributed by atoms with Crippen molar-refractivity contribution in [3.05, 3.63) is 102 Å². The van der Waals surface area contributed by atoms with Crippen LogP contribution in [0, 0.1) is 0 Å². The summed E-state index contributed by atoms with van der Waals surface area (Å²) in [5.74, 6) is -1.19. The standard InChI is InChI=1S/C32H37N3O8/c1-41-30(38)28(20-23-15-17-26(36)18-16-23)34-29(37)27(35-32(40)43-22-25-12-6-3-7-13-25)14-8-9-19-33-31(39)42-21-24-10-4-2-5-11-24/h2-7,10-13,15-18,27-28,36H,8-9,14,19-22H2,1H3,(H,33,39)(H,34,37)(H,35,40). The summed E-state index contributed by atoms with van der Waals surface area (Å²) in [5, 5.41) is 17.5. The van der Waals surface area contributed by atoms with Crippen molar-refractivity contribution in [1.82, 2.24) is 16.0 Å². The first-order chi connectivity index (χ1) is 20.8. The predicted molar refractivity (Wildman–Crippen MR) is 158 cm³/mol. The highest BCUT2D eigenvalue weighted by atomic mass is 16.6. The molecule has 0 bridgehead atoms. The number of phenols is 1. The van der Waals surface area contributed by atoms with E-state index in [1.54, 1.807) is 24.3 Å². The third-order valence-electron chi connectivity index (χ3n) is 6.40. The number of carbonyl (C=O) groups excluding carboxylic acids is 4. The Morgan fingerprint density at radius 2 is 1.28 bits per heavy atom. The summed E-state index contributed by atoms with van der Waals surface area (Å²) in [5.41, 5.74) is 2.33. The Kier molecular flexibility index (Phi) is 13.3. The van der Waals surface area contributed by atoms with Gasteiger partial charge in [0.1, 0.15) is 31.0 Å². The van der Waals surface area contributed by atoms with E-state index >= 15 is 0 Å². The number of esters is 1. The number of carbonyl (C=O) groups is 4. The number of hydrogen-bond acceptors (Lipinski definition) is 8. The Bertz CT molecular complexity index is 1300. The topological polar surface area (TPSA) is 152 Å². The number of unbranched alkanes of at least 4 members (excludes halogenated alkanes) is 1. The van der Waals surface area contributed by atoms with E-state index in [1.807, 2.05) is 48.5 Å². The molecule has 4 N–H and O–H groups in total. The average Bonchev–Trinajstić information content (AvgIpc) is 3.03. The second-order valence-corrected chi connectivity index (χ2v) is 9.70. The van der Waals surface area contributed by atoms with Gasteiger partial charge < -0.3 is 35.3 Å². The van der Waals surface area contributed by atoms with Crippen LogP contribution in [0.25, 0.3) is 0 Å². The van der Waals surface area contributed by atoms with E-state index in [0.717, 1.165) is 11.1 Å². The molecule has 11 nitrogen and oxygen atoms in total. The van der Waals surface area contributed by atoms with Crippen LogP contribution in [-0.2, 0) is 43.4 Å². The Balaban J connectivity index is 1.55. The number of hydrogen-bond donors (Lipinski definition) is 4. The Hall–Kier alpha value is -5.06. The van der Waals surface area contributed by atoms with E-state index in [2.05, 4.69) is 16.0 Å². The lowest BCUT2D eigenvalue weighted by Crippen LogP contribution is -2.52. The molecule has 0 aromatic heterocycles. The van der Waals surface area contributed by atoms with Crippen molar-refractivity contribution < 1.29 is 38.5 Å². The normalized spacial score (nSPS) is 11.8. The predicted octanol–water partition coefficient (Wildman–Crippen LogP) is 3.98. The van der Waals surface area contributed by atoms with Gasteiger partial charge in [-0.2, -0.15) is 0 Å². The van der Waals surface area contributed by atoms with Gasteiger partial charge in [0.15, 0.2) is 0 Å². The second-order valence-electron chi connectivity index (χ2n) is 9.70. The van der Waals surface area contributed by atoms with Crippen LogP contribution in [0.2, 0.25) is 0 Å². The first-order valence-electron chi connectivity index (χ1n) is 13.9. The van der Waals surface area contributed by atoms with Crippen LogP contribution < -0.4 is 16.0 Å². The third kappa shape index (κ3) is 12.1. The van der Waals surface area contributed by atoms with Gasteiger partial charge >= 0.3 is 18.2 Å². The molecule has 228 valence electrons. The lowest BCUT2D eigenvalue weighted by atomic mass is 10.0.